The summed E-state index contributed by atoms with van der Waals surface area (Å²) in [4.78, 5) is 27.0. The molecule has 132 valence electrons. The Morgan fingerprint density at radius 3 is 2.42 bits per heavy atom. The van der Waals surface area contributed by atoms with Crippen LogP contribution in [0.4, 0.5) is 5.69 Å². The predicted molar refractivity (Wildman–Crippen MR) is 106 cm³/mol. The highest BCUT2D eigenvalue weighted by Gasteiger charge is 2.37. The molecule has 1 aliphatic rings. The molecule has 0 saturated carbocycles. The molecule has 0 radical (unpaired) electrons. The summed E-state index contributed by atoms with van der Waals surface area (Å²) in [5, 5.41) is 0. The van der Waals surface area contributed by atoms with E-state index in [1.807, 2.05) is 55.5 Å². The first-order valence-electron chi connectivity index (χ1n) is 8.10. The lowest BCUT2D eigenvalue weighted by Gasteiger charge is -2.18. The summed E-state index contributed by atoms with van der Waals surface area (Å²) in [6.45, 7) is 3.72. The van der Waals surface area contributed by atoms with Gasteiger partial charge in [-0.3, -0.25) is 9.69 Å². The average Bonchev–Trinajstić information content (AvgIpc) is 2.86. The van der Waals surface area contributed by atoms with E-state index in [1.165, 1.54) is 7.11 Å². The first-order valence-corrected chi connectivity index (χ1v) is 8.89. The third-order valence-corrected chi connectivity index (χ3v) is 4.76. The number of allylic oxidation sites excluding steroid dienone is 1. The molecule has 3 rings (SSSR count). The molecule has 0 atom stereocenters. The number of hydrogen-bond acceptors (Lipinski definition) is 3. The molecule has 2 aromatic carbocycles. The van der Waals surface area contributed by atoms with Crippen LogP contribution in [0.1, 0.15) is 18.1 Å². The monoisotopic (exact) mass is 411 g/mol. The molecule has 4 nitrogen and oxygen atoms in total. The van der Waals surface area contributed by atoms with Crippen molar-refractivity contribution in [2.75, 3.05) is 12.0 Å². The van der Waals surface area contributed by atoms with Crippen LogP contribution < -0.4 is 4.90 Å². The number of hydrogen-bond donors (Lipinski definition) is 0. The van der Waals surface area contributed by atoms with Crippen LogP contribution in [-0.4, -0.2) is 19.0 Å². The first-order chi connectivity index (χ1) is 12.4. The Balaban J connectivity index is 2.13. The smallest absolute Gasteiger partial charge is 0.340 e. The lowest BCUT2D eigenvalue weighted by Crippen LogP contribution is -2.24. The van der Waals surface area contributed by atoms with Crippen molar-refractivity contribution in [1.29, 1.82) is 0 Å². The van der Waals surface area contributed by atoms with Gasteiger partial charge in [-0.1, -0.05) is 40.2 Å². The molecule has 2 aromatic rings. The van der Waals surface area contributed by atoms with E-state index in [0.29, 0.717) is 16.8 Å². The van der Waals surface area contributed by atoms with Crippen LogP contribution in [0.15, 0.2) is 69.8 Å². The third kappa shape index (κ3) is 3.35. The van der Waals surface area contributed by atoms with Gasteiger partial charge >= 0.3 is 5.97 Å². The van der Waals surface area contributed by atoms with Gasteiger partial charge in [-0.15, -0.1) is 0 Å². The zero-order chi connectivity index (χ0) is 18.8. The normalized spacial score (nSPS) is 15.8. The molecule has 5 heteroatoms. The number of nitrogens with zero attached hydrogens (tertiary/aromatic N) is 1. The van der Waals surface area contributed by atoms with E-state index in [4.69, 9.17) is 4.74 Å². The minimum absolute atomic E-state index is 0.239. The lowest BCUT2D eigenvalue weighted by atomic mass is 10.0. The summed E-state index contributed by atoms with van der Waals surface area (Å²) in [6, 6.07) is 15.2. The standard InChI is InChI=1S/C21H18BrNO3/c1-13-5-4-6-17(11-13)23-14(2)19(21(25)26-3)18(20(23)24)12-15-7-9-16(22)10-8-15/h4-12H,1-3H3/b18-12-. The van der Waals surface area contributed by atoms with E-state index in [1.54, 1.807) is 17.9 Å². The van der Waals surface area contributed by atoms with Gasteiger partial charge in [0, 0.05) is 15.9 Å². The number of methoxy groups -OCH3 is 1. The zero-order valence-electron chi connectivity index (χ0n) is 14.7. The molecule has 0 N–H and O–H groups in total. The van der Waals surface area contributed by atoms with Crippen LogP contribution in [0.25, 0.3) is 6.08 Å². The van der Waals surface area contributed by atoms with Crippen LogP contribution >= 0.6 is 15.9 Å². The van der Waals surface area contributed by atoms with E-state index >= 15 is 0 Å². The van der Waals surface area contributed by atoms with Gasteiger partial charge in [0.15, 0.2) is 0 Å². The Morgan fingerprint density at radius 1 is 1.12 bits per heavy atom. The highest BCUT2D eigenvalue weighted by atomic mass is 79.9. The number of esters is 1. The zero-order valence-corrected chi connectivity index (χ0v) is 16.3. The van der Waals surface area contributed by atoms with Crippen molar-refractivity contribution in [3.63, 3.8) is 0 Å². The number of benzene rings is 2. The van der Waals surface area contributed by atoms with Crippen LogP contribution in [0, 0.1) is 6.92 Å². The Hall–Kier alpha value is -2.66. The largest absolute Gasteiger partial charge is 0.465 e. The van der Waals surface area contributed by atoms with Gasteiger partial charge in [0.25, 0.3) is 5.91 Å². The van der Waals surface area contributed by atoms with Gasteiger partial charge in [0.2, 0.25) is 0 Å². The second kappa shape index (κ2) is 7.30. The first kappa shape index (κ1) is 18.1. The molecule has 26 heavy (non-hydrogen) atoms. The molecule has 0 spiro atoms. The molecule has 0 bridgehead atoms. The molecule has 1 heterocycles. The van der Waals surface area contributed by atoms with Crippen LogP contribution in [0.5, 0.6) is 0 Å². The minimum atomic E-state index is -0.519. The number of ether oxygens (including phenoxy) is 1. The molecule has 0 aromatic heterocycles. The fraction of sp³-hybridized carbons (Fsp3) is 0.143. The van der Waals surface area contributed by atoms with Crippen LogP contribution in [0.2, 0.25) is 0 Å². The van der Waals surface area contributed by atoms with E-state index in [9.17, 15) is 9.59 Å². The van der Waals surface area contributed by atoms with Crippen molar-refractivity contribution in [2.45, 2.75) is 13.8 Å². The number of halogens is 1. The Bertz CT molecular complexity index is 942. The highest BCUT2D eigenvalue weighted by molar-refractivity contribution is 9.10. The number of amides is 1. The fourth-order valence-corrected chi connectivity index (χ4v) is 3.25. The fourth-order valence-electron chi connectivity index (χ4n) is 2.98. The van der Waals surface area contributed by atoms with Crippen molar-refractivity contribution < 1.29 is 14.3 Å². The van der Waals surface area contributed by atoms with Crippen molar-refractivity contribution >= 4 is 39.6 Å². The van der Waals surface area contributed by atoms with Gasteiger partial charge in [0.1, 0.15) is 0 Å². The van der Waals surface area contributed by atoms with E-state index in [2.05, 4.69) is 15.9 Å². The summed E-state index contributed by atoms with van der Waals surface area (Å²) in [7, 11) is 1.32. The third-order valence-electron chi connectivity index (χ3n) is 4.23. The quantitative estimate of drug-likeness (QED) is 0.546. The van der Waals surface area contributed by atoms with Crippen molar-refractivity contribution in [3.05, 3.63) is 81.0 Å². The van der Waals surface area contributed by atoms with Crippen LogP contribution in [0.3, 0.4) is 0 Å². The maximum atomic E-state index is 13.1. The molecular weight excluding hydrogens is 394 g/mol. The van der Waals surface area contributed by atoms with E-state index < -0.39 is 5.97 Å². The second-order valence-corrected chi connectivity index (χ2v) is 6.96. The van der Waals surface area contributed by atoms with Gasteiger partial charge in [-0.05, 0) is 55.3 Å². The number of aryl methyl sites for hydroxylation is 1. The molecular formula is C21H18BrNO3. The summed E-state index contributed by atoms with van der Waals surface area (Å²) in [5.74, 6) is -0.759. The second-order valence-electron chi connectivity index (χ2n) is 6.04. The number of carbonyl (C=O) groups excluding carboxylic acids is 2. The number of carbonyl (C=O) groups is 2. The lowest BCUT2D eigenvalue weighted by molar-refractivity contribution is -0.136. The Labute approximate surface area is 160 Å². The SMILES string of the molecule is COC(=O)C1=C(C)N(c2cccc(C)c2)C(=O)/C1=C\c1ccc(Br)cc1. The molecule has 0 fully saturated rings. The molecule has 0 unspecified atom stereocenters. The van der Waals surface area contributed by atoms with Gasteiger partial charge in [-0.2, -0.15) is 0 Å². The van der Waals surface area contributed by atoms with Gasteiger partial charge < -0.3 is 4.74 Å². The predicted octanol–water partition coefficient (Wildman–Crippen LogP) is 4.63. The molecule has 0 saturated heterocycles. The van der Waals surface area contributed by atoms with Crippen LogP contribution in [-0.2, 0) is 14.3 Å². The molecule has 1 aliphatic heterocycles. The van der Waals surface area contributed by atoms with E-state index in [-0.39, 0.29) is 5.91 Å². The maximum absolute atomic E-state index is 13.1. The van der Waals surface area contributed by atoms with Gasteiger partial charge in [0.05, 0.1) is 18.3 Å². The topological polar surface area (TPSA) is 46.6 Å². The maximum Gasteiger partial charge on any atom is 0.340 e. The summed E-state index contributed by atoms with van der Waals surface area (Å²) >= 11 is 3.39. The Morgan fingerprint density at radius 2 is 1.81 bits per heavy atom. The van der Waals surface area contributed by atoms with Crippen molar-refractivity contribution in [1.82, 2.24) is 0 Å². The van der Waals surface area contributed by atoms with E-state index in [0.717, 1.165) is 21.3 Å². The van der Waals surface area contributed by atoms with Crippen molar-refractivity contribution in [3.8, 4) is 0 Å². The average molecular weight is 412 g/mol. The Kier molecular flexibility index (Phi) is 5.09. The summed E-state index contributed by atoms with van der Waals surface area (Å²) in [6.07, 6.45) is 1.72. The number of rotatable bonds is 3. The van der Waals surface area contributed by atoms with Gasteiger partial charge in [-0.25, -0.2) is 4.79 Å². The summed E-state index contributed by atoms with van der Waals surface area (Å²) in [5.41, 5.74) is 3.79. The van der Waals surface area contributed by atoms with Crippen molar-refractivity contribution in [2.24, 2.45) is 0 Å². The summed E-state index contributed by atoms with van der Waals surface area (Å²) < 4.78 is 5.87. The highest BCUT2D eigenvalue weighted by Crippen LogP contribution is 2.35. The number of anilines is 1. The molecule has 1 amide bonds. The minimum Gasteiger partial charge on any atom is -0.465 e. The molecule has 0 aliphatic carbocycles.